The lowest BCUT2D eigenvalue weighted by Crippen LogP contribution is -2.26. The molecule has 2 N–H and O–H groups in total. The molecule has 0 atom stereocenters. The van der Waals surface area contributed by atoms with Crippen LogP contribution in [0.3, 0.4) is 0 Å². The predicted octanol–water partition coefficient (Wildman–Crippen LogP) is 2.03. The van der Waals surface area contributed by atoms with E-state index < -0.39 is 10.0 Å². The molecule has 0 radical (unpaired) electrons. The number of rotatable bonds is 7. The minimum atomic E-state index is -3.61. The molecule has 1 amide bonds. The van der Waals surface area contributed by atoms with Gasteiger partial charge in [-0.1, -0.05) is 19.1 Å². The third kappa shape index (κ3) is 4.14. The molecule has 3 rings (SSSR count). The fourth-order valence-electron chi connectivity index (χ4n) is 2.46. The van der Waals surface area contributed by atoms with Crippen molar-refractivity contribution in [2.75, 3.05) is 13.3 Å². The SMILES string of the molecule is CCCNS(=O)(=O)c1cccc(C(=O)NCc2ccc3c(c2)OCO3)c1. The number of ether oxygens (including phenoxy) is 2. The smallest absolute Gasteiger partial charge is 0.251 e. The van der Waals surface area contributed by atoms with Gasteiger partial charge in [-0.3, -0.25) is 4.79 Å². The van der Waals surface area contributed by atoms with Crippen molar-refractivity contribution in [1.82, 2.24) is 10.0 Å². The molecule has 0 spiro atoms. The van der Waals surface area contributed by atoms with Crippen LogP contribution >= 0.6 is 0 Å². The lowest BCUT2D eigenvalue weighted by atomic mass is 10.2. The van der Waals surface area contributed by atoms with Crippen LogP contribution in [-0.4, -0.2) is 27.7 Å². The maximum absolute atomic E-state index is 12.4. The number of fused-ring (bicyclic) bond motifs is 1. The first-order valence-corrected chi connectivity index (χ1v) is 9.74. The van der Waals surface area contributed by atoms with Crippen molar-refractivity contribution in [3.8, 4) is 11.5 Å². The molecule has 0 saturated heterocycles. The zero-order valence-electron chi connectivity index (χ0n) is 14.3. The molecular formula is C18H20N2O5S. The van der Waals surface area contributed by atoms with Crippen LogP contribution in [0.25, 0.3) is 0 Å². The van der Waals surface area contributed by atoms with Gasteiger partial charge >= 0.3 is 0 Å². The van der Waals surface area contributed by atoms with E-state index in [0.29, 0.717) is 31.0 Å². The van der Waals surface area contributed by atoms with Crippen LogP contribution in [0.2, 0.25) is 0 Å². The molecule has 2 aromatic carbocycles. The van der Waals surface area contributed by atoms with Crippen molar-refractivity contribution in [3.05, 3.63) is 53.6 Å². The number of nitrogens with one attached hydrogen (secondary N) is 2. The van der Waals surface area contributed by atoms with Crippen LogP contribution in [0.5, 0.6) is 11.5 Å². The van der Waals surface area contributed by atoms with Crippen molar-refractivity contribution >= 4 is 15.9 Å². The summed E-state index contributed by atoms with van der Waals surface area (Å²) < 4.78 is 37.4. The number of amides is 1. The van der Waals surface area contributed by atoms with Gasteiger partial charge in [0.2, 0.25) is 16.8 Å². The Balaban J connectivity index is 1.67. The molecule has 0 fully saturated rings. The van der Waals surface area contributed by atoms with Crippen LogP contribution in [0.1, 0.15) is 29.3 Å². The number of sulfonamides is 1. The predicted molar refractivity (Wildman–Crippen MR) is 95.7 cm³/mol. The fourth-order valence-corrected chi connectivity index (χ4v) is 3.64. The molecule has 8 heteroatoms. The minimum absolute atomic E-state index is 0.0710. The zero-order chi connectivity index (χ0) is 18.6. The average molecular weight is 376 g/mol. The van der Waals surface area contributed by atoms with Gasteiger partial charge in [0.05, 0.1) is 4.90 Å². The summed E-state index contributed by atoms with van der Waals surface area (Å²) >= 11 is 0. The summed E-state index contributed by atoms with van der Waals surface area (Å²) in [7, 11) is -3.61. The average Bonchev–Trinajstić information content (AvgIpc) is 3.12. The highest BCUT2D eigenvalue weighted by molar-refractivity contribution is 7.89. The van der Waals surface area contributed by atoms with E-state index in [1.54, 1.807) is 24.3 Å². The van der Waals surface area contributed by atoms with E-state index in [0.717, 1.165) is 5.56 Å². The maximum Gasteiger partial charge on any atom is 0.251 e. The second-order valence-electron chi connectivity index (χ2n) is 5.80. The highest BCUT2D eigenvalue weighted by Crippen LogP contribution is 2.32. The van der Waals surface area contributed by atoms with Crippen molar-refractivity contribution in [1.29, 1.82) is 0 Å². The number of benzene rings is 2. The number of carbonyl (C=O) groups excluding carboxylic acids is 1. The number of hydrogen-bond acceptors (Lipinski definition) is 5. The van der Waals surface area contributed by atoms with E-state index in [2.05, 4.69) is 10.0 Å². The summed E-state index contributed by atoms with van der Waals surface area (Å²) in [4.78, 5) is 12.4. The Morgan fingerprint density at radius 3 is 2.73 bits per heavy atom. The van der Waals surface area contributed by atoms with Crippen molar-refractivity contribution < 1.29 is 22.7 Å². The molecule has 26 heavy (non-hydrogen) atoms. The molecular weight excluding hydrogens is 356 g/mol. The molecule has 0 aromatic heterocycles. The fraction of sp³-hybridized carbons (Fsp3) is 0.278. The van der Waals surface area contributed by atoms with Crippen molar-refractivity contribution in [2.24, 2.45) is 0 Å². The Morgan fingerprint density at radius 1 is 1.12 bits per heavy atom. The van der Waals surface area contributed by atoms with E-state index in [4.69, 9.17) is 9.47 Å². The topological polar surface area (TPSA) is 93.7 Å². The first-order chi connectivity index (χ1) is 12.5. The van der Waals surface area contributed by atoms with Gasteiger partial charge in [0.15, 0.2) is 11.5 Å². The minimum Gasteiger partial charge on any atom is -0.454 e. The molecule has 0 saturated carbocycles. The molecule has 7 nitrogen and oxygen atoms in total. The van der Waals surface area contributed by atoms with E-state index in [9.17, 15) is 13.2 Å². The van der Waals surface area contributed by atoms with Gasteiger partial charge in [0.25, 0.3) is 5.91 Å². The van der Waals surface area contributed by atoms with E-state index in [1.165, 1.54) is 12.1 Å². The second-order valence-corrected chi connectivity index (χ2v) is 7.56. The summed E-state index contributed by atoms with van der Waals surface area (Å²) in [6.07, 6.45) is 0.689. The van der Waals surface area contributed by atoms with Gasteiger partial charge in [-0.15, -0.1) is 0 Å². The van der Waals surface area contributed by atoms with Gasteiger partial charge in [0.1, 0.15) is 0 Å². The quantitative estimate of drug-likeness (QED) is 0.771. The van der Waals surface area contributed by atoms with E-state index in [-0.39, 0.29) is 23.2 Å². The molecule has 1 aliphatic rings. The largest absolute Gasteiger partial charge is 0.454 e. The van der Waals surface area contributed by atoms with E-state index >= 15 is 0 Å². The summed E-state index contributed by atoms with van der Waals surface area (Å²) in [5.74, 6) is 0.972. The molecule has 1 heterocycles. The molecule has 2 aromatic rings. The number of hydrogen-bond donors (Lipinski definition) is 2. The van der Waals surface area contributed by atoms with Crippen LogP contribution in [0.15, 0.2) is 47.4 Å². The lowest BCUT2D eigenvalue weighted by Gasteiger charge is -2.09. The normalized spacial score (nSPS) is 12.8. The zero-order valence-corrected chi connectivity index (χ0v) is 15.1. The van der Waals surface area contributed by atoms with Gasteiger partial charge in [0, 0.05) is 18.7 Å². The van der Waals surface area contributed by atoms with Crippen LogP contribution in [0, 0.1) is 0 Å². The van der Waals surface area contributed by atoms with Crippen LogP contribution in [0.4, 0.5) is 0 Å². The Morgan fingerprint density at radius 2 is 1.92 bits per heavy atom. The molecule has 1 aliphatic heterocycles. The van der Waals surface area contributed by atoms with E-state index in [1.807, 2.05) is 13.0 Å². The van der Waals surface area contributed by atoms with Crippen molar-refractivity contribution in [2.45, 2.75) is 24.8 Å². The summed E-state index contributed by atoms with van der Waals surface area (Å²) in [6.45, 7) is 2.71. The third-order valence-corrected chi connectivity index (χ3v) is 5.30. The molecule has 0 bridgehead atoms. The Hall–Kier alpha value is -2.58. The van der Waals surface area contributed by atoms with Crippen molar-refractivity contribution in [3.63, 3.8) is 0 Å². The Bertz CT molecular complexity index is 912. The Kier molecular flexibility index (Phi) is 5.43. The Labute approximate surface area is 152 Å². The van der Waals surface area contributed by atoms with Crippen LogP contribution < -0.4 is 19.5 Å². The highest BCUT2D eigenvalue weighted by atomic mass is 32.2. The highest BCUT2D eigenvalue weighted by Gasteiger charge is 2.16. The monoisotopic (exact) mass is 376 g/mol. The summed E-state index contributed by atoms with van der Waals surface area (Å²) in [6, 6.07) is 11.4. The molecule has 138 valence electrons. The van der Waals surface area contributed by atoms with Gasteiger partial charge < -0.3 is 14.8 Å². The standard InChI is InChI=1S/C18H20N2O5S/c1-2-8-20-26(22,23)15-5-3-4-14(10-15)18(21)19-11-13-6-7-16-17(9-13)25-12-24-16/h3-7,9-10,20H,2,8,11-12H2,1H3,(H,19,21). The van der Waals surface area contributed by atoms with Crippen LogP contribution in [-0.2, 0) is 16.6 Å². The molecule has 0 unspecified atom stereocenters. The van der Waals surface area contributed by atoms with Gasteiger partial charge in [-0.05, 0) is 42.3 Å². The first kappa shape index (κ1) is 18.2. The maximum atomic E-state index is 12.4. The first-order valence-electron chi connectivity index (χ1n) is 8.26. The molecule has 0 aliphatic carbocycles. The third-order valence-electron chi connectivity index (χ3n) is 3.84. The van der Waals surface area contributed by atoms with Gasteiger partial charge in [-0.2, -0.15) is 0 Å². The second kappa shape index (κ2) is 7.76. The number of carbonyl (C=O) groups is 1. The lowest BCUT2D eigenvalue weighted by molar-refractivity contribution is 0.0950. The summed E-state index contributed by atoms with van der Waals surface area (Å²) in [5, 5.41) is 2.78. The van der Waals surface area contributed by atoms with Gasteiger partial charge in [-0.25, -0.2) is 13.1 Å². The summed E-state index contributed by atoms with van der Waals surface area (Å²) in [5.41, 5.74) is 1.14.